The molecule has 1 N–H and O–H groups in total. The molecule has 0 saturated carbocycles. The fourth-order valence-corrected chi connectivity index (χ4v) is 3.35. The van der Waals surface area contributed by atoms with Gasteiger partial charge in [-0.05, 0) is 18.2 Å². The molecule has 0 amide bonds. The van der Waals surface area contributed by atoms with Gasteiger partial charge in [0.25, 0.3) is 11.1 Å². The first kappa shape index (κ1) is 13.8. The van der Waals surface area contributed by atoms with Crippen LogP contribution in [0.25, 0.3) is 20.8 Å². The third kappa shape index (κ3) is 2.45. The number of fused-ring (bicyclic) bond motifs is 2. The normalized spacial score (nSPS) is 11.0. The summed E-state index contributed by atoms with van der Waals surface area (Å²) in [6.07, 6.45) is 0. The summed E-state index contributed by atoms with van der Waals surface area (Å²) in [5, 5.41) is 0. The maximum Gasteiger partial charge on any atom is 0.269 e. The number of aromatic amines is 1. The highest BCUT2D eigenvalue weighted by molar-refractivity contribution is 7.21. The first-order valence-electron chi connectivity index (χ1n) is 6.74. The van der Waals surface area contributed by atoms with E-state index < -0.39 is 0 Å². The Kier molecular flexibility index (Phi) is 3.29. The number of aromatic nitrogens is 1. The summed E-state index contributed by atoms with van der Waals surface area (Å²) in [6, 6.07) is 9.95. The summed E-state index contributed by atoms with van der Waals surface area (Å²) < 4.78 is 1.14. The second kappa shape index (κ2) is 5.00. The fraction of sp³-hybridized carbons (Fsp3) is 0.250. The zero-order valence-electron chi connectivity index (χ0n) is 12.6. The Balaban J connectivity index is 2.31. The molecular weight excluding hydrogens is 282 g/mol. The lowest BCUT2D eigenvalue weighted by molar-refractivity contribution is -0.331. The van der Waals surface area contributed by atoms with Crippen LogP contribution in [0.5, 0.6) is 0 Å². The van der Waals surface area contributed by atoms with Gasteiger partial charge in [0, 0.05) is 51.7 Å². The van der Waals surface area contributed by atoms with Crippen molar-refractivity contribution >= 4 is 32.9 Å². The number of nitrogens with zero attached hydrogens (tertiary/aromatic N) is 2. The van der Waals surface area contributed by atoms with E-state index >= 15 is 0 Å². The lowest BCUT2D eigenvalue weighted by Crippen LogP contribution is -2.21. The standard InChI is InChI=1S/C16H17N3OS/c1-18(2)10-5-6-12-14(8-10)21-15-9-11(19(3)4)7-13(20)16(15)17-12/h5-9H,1-4H3/p+1. The molecule has 4 nitrogen and oxygen atoms in total. The molecule has 0 radical (unpaired) electrons. The molecule has 0 unspecified atom stereocenters. The van der Waals surface area contributed by atoms with Gasteiger partial charge in [-0.25, -0.2) is 0 Å². The third-order valence-electron chi connectivity index (χ3n) is 3.53. The van der Waals surface area contributed by atoms with Gasteiger partial charge in [0.05, 0.1) is 0 Å². The lowest BCUT2D eigenvalue weighted by atomic mass is 10.2. The Hall–Kier alpha value is -2.14. The minimum Gasteiger partial charge on any atom is -0.378 e. The highest BCUT2D eigenvalue weighted by Gasteiger charge is 2.19. The number of rotatable bonds is 2. The van der Waals surface area contributed by atoms with E-state index in [1.54, 1.807) is 17.4 Å². The van der Waals surface area contributed by atoms with Crippen LogP contribution in [0.4, 0.5) is 11.4 Å². The van der Waals surface area contributed by atoms with Crippen molar-refractivity contribution in [3.05, 3.63) is 40.6 Å². The molecule has 0 spiro atoms. The minimum absolute atomic E-state index is 0.0334. The van der Waals surface area contributed by atoms with E-state index in [4.69, 9.17) is 0 Å². The quantitative estimate of drug-likeness (QED) is 0.682. The van der Waals surface area contributed by atoms with Gasteiger partial charge in [0.1, 0.15) is 9.58 Å². The molecule has 0 atom stereocenters. The molecule has 1 heterocycles. The van der Waals surface area contributed by atoms with E-state index in [0.29, 0.717) is 5.69 Å². The van der Waals surface area contributed by atoms with Crippen molar-refractivity contribution in [2.45, 2.75) is 0 Å². The first-order chi connectivity index (χ1) is 9.95. The Bertz CT molecular complexity index is 839. The van der Waals surface area contributed by atoms with Gasteiger partial charge in [0.15, 0.2) is 0 Å². The highest BCUT2D eigenvalue weighted by Crippen LogP contribution is 2.30. The van der Waals surface area contributed by atoms with Gasteiger partial charge < -0.3 is 9.80 Å². The Morgan fingerprint density at radius 1 is 0.952 bits per heavy atom. The van der Waals surface area contributed by atoms with E-state index in [0.717, 1.165) is 26.5 Å². The van der Waals surface area contributed by atoms with Gasteiger partial charge in [-0.3, -0.25) is 4.79 Å². The lowest BCUT2D eigenvalue weighted by Gasteiger charge is -2.13. The molecule has 0 bridgehead atoms. The molecule has 1 aliphatic heterocycles. The summed E-state index contributed by atoms with van der Waals surface area (Å²) in [4.78, 5) is 20.5. The van der Waals surface area contributed by atoms with Crippen LogP contribution in [-0.2, 0) is 0 Å². The van der Waals surface area contributed by atoms with Gasteiger partial charge in [0.2, 0.25) is 5.52 Å². The molecule has 1 aromatic carbocycles. The molecule has 1 aliphatic carbocycles. The largest absolute Gasteiger partial charge is 0.378 e. The van der Waals surface area contributed by atoms with E-state index in [1.165, 1.54) is 0 Å². The average Bonchev–Trinajstić information content (AvgIpc) is 2.44. The number of anilines is 2. The van der Waals surface area contributed by atoms with Crippen LogP contribution in [0.15, 0.2) is 35.1 Å². The predicted octanol–water partition coefficient (Wildman–Crippen LogP) is 2.31. The van der Waals surface area contributed by atoms with Crippen molar-refractivity contribution in [2.75, 3.05) is 38.0 Å². The maximum absolute atomic E-state index is 12.3. The number of hydrogen-bond acceptors (Lipinski definition) is 4. The van der Waals surface area contributed by atoms with Crippen molar-refractivity contribution in [1.29, 1.82) is 0 Å². The molecule has 21 heavy (non-hydrogen) atoms. The molecule has 5 heteroatoms. The van der Waals surface area contributed by atoms with Crippen molar-refractivity contribution in [3.8, 4) is 10.6 Å². The van der Waals surface area contributed by atoms with E-state index in [2.05, 4.69) is 28.1 Å². The number of hydrogen-bond donors (Lipinski definition) is 0. The Morgan fingerprint density at radius 3 is 2.33 bits per heavy atom. The molecule has 108 valence electrons. The maximum atomic E-state index is 12.3. The van der Waals surface area contributed by atoms with Crippen molar-refractivity contribution in [1.82, 2.24) is 0 Å². The molecule has 2 aliphatic rings. The van der Waals surface area contributed by atoms with Crippen LogP contribution >= 0.6 is 11.3 Å². The fourth-order valence-electron chi connectivity index (χ4n) is 2.27. The predicted molar refractivity (Wildman–Crippen MR) is 89.9 cm³/mol. The van der Waals surface area contributed by atoms with Gasteiger partial charge in [-0.15, -0.1) is 11.3 Å². The molecular formula is C16H18N3OS+. The average molecular weight is 300 g/mol. The van der Waals surface area contributed by atoms with Gasteiger partial charge >= 0.3 is 0 Å². The zero-order chi connectivity index (χ0) is 15.1. The smallest absolute Gasteiger partial charge is 0.269 e. The Morgan fingerprint density at radius 2 is 1.67 bits per heavy atom. The summed E-state index contributed by atoms with van der Waals surface area (Å²) in [5.41, 5.74) is 3.78. The Labute approximate surface area is 127 Å². The van der Waals surface area contributed by atoms with Gasteiger partial charge in [-0.1, -0.05) is 0 Å². The van der Waals surface area contributed by atoms with Gasteiger partial charge in [-0.2, -0.15) is 4.98 Å². The second-order valence-corrected chi connectivity index (χ2v) is 6.60. The van der Waals surface area contributed by atoms with E-state index in [1.807, 2.05) is 39.2 Å². The number of benzene rings is 2. The van der Waals surface area contributed by atoms with E-state index in [9.17, 15) is 4.79 Å². The molecule has 3 rings (SSSR count). The number of H-pyrrole nitrogens is 1. The topological polar surface area (TPSA) is 37.7 Å². The monoisotopic (exact) mass is 300 g/mol. The second-order valence-electron chi connectivity index (χ2n) is 5.51. The molecule has 0 saturated heterocycles. The van der Waals surface area contributed by atoms with Crippen LogP contribution in [0.2, 0.25) is 0 Å². The van der Waals surface area contributed by atoms with Crippen LogP contribution in [-0.4, -0.2) is 28.2 Å². The van der Waals surface area contributed by atoms with Crippen molar-refractivity contribution < 1.29 is 4.98 Å². The summed E-state index contributed by atoms with van der Waals surface area (Å²) in [5.74, 6) is 0. The van der Waals surface area contributed by atoms with Crippen LogP contribution in [0, 0.1) is 0 Å². The summed E-state index contributed by atoms with van der Waals surface area (Å²) in [6.45, 7) is 0. The minimum atomic E-state index is 0.0334. The zero-order valence-corrected chi connectivity index (χ0v) is 13.4. The summed E-state index contributed by atoms with van der Waals surface area (Å²) >= 11 is 1.64. The van der Waals surface area contributed by atoms with Crippen molar-refractivity contribution in [3.63, 3.8) is 0 Å². The highest BCUT2D eigenvalue weighted by atomic mass is 32.1. The molecule has 0 fully saturated rings. The third-order valence-corrected chi connectivity index (χ3v) is 4.63. The van der Waals surface area contributed by atoms with Crippen LogP contribution in [0.3, 0.4) is 0 Å². The van der Waals surface area contributed by atoms with E-state index in [-0.39, 0.29) is 5.43 Å². The van der Waals surface area contributed by atoms with Crippen LogP contribution in [0.1, 0.15) is 0 Å². The molecule has 1 aromatic rings. The first-order valence-corrected chi connectivity index (χ1v) is 7.56. The summed E-state index contributed by atoms with van der Waals surface area (Å²) in [7, 11) is 7.94. The SMILES string of the molecule is CN(C)c1cc2sc3cc(N(C)C)ccc3[nH+]c-2c(=O)c1. The van der Waals surface area contributed by atoms with Crippen LogP contribution < -0.4 is 20.2 Å². The van der Waals surface area contributed by atoms with Crippen molar-refractivity contribution in [2.24, 2.45) is 0 Å². The molecule has 0 aromatic heterocycles. The number of nitrogens with one attached hydrogen (secondary N) is 1.